The Morgan fingerprint density at radius 2 is 0.958 bits per heavy atom. The second kappa shape index (κ2) is 13.5. The van der Waals surface area contributed by atoms with Crippen molar-refractivity contribution >= 4 is 34.5 Å². The predicted octanol–water partition coefficient (Wildman–Crippen LogP) is 8.20. The molecule has 0 aliphatic carbocycles. The number of benzene rings is 6. The zero-order valence-electron chi connectivity index (χ0n) is 26.5. The monoisotopic (exact) mass is 648 g/mol. The first-order valence-electron chi connectivity index (χ1n) is 16.3. The third-order valence-corrected chi connectivity index (χ3v) is 15.9. The molecule has 5 heteroatoms. The fraction of sp³-hybridized carbons (Fsp3) is 0.116. The van der Waals surface area contributed by atoms with Gasteiger partial charge in [-0.2, -0.15) is 0 Å². The average molecular weight is 649 g/mol. The van der Waals surface area contributed by atoms with Crippen molar-refractivity contribution in [2.24, 2.45) is 5.92 Å². The molecule has 1 aliphatic heterocycles. The molecule has 6 aromatic rings. The molecule has 1 heterocycles. The molecule has 3 atom stereocenters. The minimum atomic E-state index is -4.29. The molecule has 1 aliphatic rings. The summed E-state index contributed by atoms with van der Waals surface area (Å²) in [5.74, 6) is -0.974. The first kappa shape index (κ1) is 31.4. The van der Waals surface area contributed by atoms with Crippen molar-refractivity contribution < 1.29 is 18.8 Å². The maximum atomic E-state index is 15.3. The van der Waals surface area contributed by atoms with E-state index in [4.69, 9.17) is 9.26 Å². The number of Topliss-reactive ketones (excluding diaryl/α,β-unsaturated/α-hetero) is 1. The van der Waals surface area contributed by atoms with Crippen molar-refractivity contribution in [2.75, 3.05) is 0 Å². The summed E-state index contributed by atoms with van der Waals surface area (Å²) in [6, 6.07) is 59.5. The summed E-state index contributed by atoms with van der Waals surface area (Å²) < 4.78 is 14.3. The first-order chi connectivity index (χ1) is 23.6. The standard InChI is InChI=1S/C43H37O4P/c44-40(34-21-9-2-10-22-34)31-39-41(35-23-11-3-12-24-35)47-48(36-25-13-4-14-26-36,37-27-15-5-16-28-37,38-29-17-6-18-30-38)42(39)43(45)46-32-33-19-7-1-8-20-33/h1-30,39,41-42H,31-32H2/t39-,41+,42?/m0/s1. The van der Waals surface area contributed by atoms with Gasteiger partial charge in [0.2, 0.25) is 0 Å². The topological polar surface area (TPSA) is 52.6 Å². The molecule has 0 saturated carbocycles. The van der Waals surface area contributed by atoms with Crippen molar-refractivity contribution in [3.8, 4) is 0 Å². The van der Waals surface area contributed by atoms with Gasteiger partial charge in [0, 0.05) is 0 Å². The van der Waals surface area contributed by atoms with Crippen LogP contribution in [0.25, 0.3) is 0 Å². The molecular formula is C43H37O4P. The summed E-state index contributed by atoms with van der Waals surface area (Å²) in [7, 11) is 0. The Morgan fingerprint density at radius 1 is 0.542 bits per heavy atom. The fourth-order valence-corrected chi connectivity index (χ4v) is 14.4. The van der Waals surface area contributed by atoms with Gasteiger partial charge in [0.25, 0.3) is 0 Å². The molecule has 1 saturated heterocycles. The maximum absolute atomic E-state index is 15.3. The Balaban J connectivity index is 1.55. The Morgan fingerprint density at radius 3 is 1.44 bits per heavy atom. The van der Waals surface area contributed by atoms with Gasteiger partial charge in [0.05, 0.1) is 0 Å². The number of carbonyl (C=O) groups excluding carboxylic acids is 2. The van der Waals surface area contributed by atoms with Crippen LogP contribution in [-0.2, 0) is 20.7 Å². The summed E-state index contributed by atoms with van der Waals surface area (Å²) >= 11 is 0. The number of carbonyl (C=O) groups is 2. The van der Waals surface area contributed by atoms with Gasteiger partial charge < -0.3 is 0 Å². The molecule has 0 radical (unpaired) electrons. The van der Waals surface area contributed by atoms with E-state index in [0.29, 0.717) is 5.56 Å². The third-order valence-electron chi connectivity index (χ3n) is 9.57. The van der Waals surface area contributed by atoms with Crippen LogP contribution in [0.2, 0.25) is 0 Å². The molecule has 48 heavy (non-hydrogen) atoms. The van der Waals surface area contributed by atoms with E-state index in [1.165, 1.54) is 0 Å². The van der Waals surface area contributed by atoms with E-state index in [1.807, 2.05) is 146 Å². The van der Waals surface area contributed by atoms with Crippen molar-refractivity contribution in [3.63, 3.8) is 0 Å². The van der Waals surface area contributed by atoms with Crippen LogP contribution >= 0.6 is 6.83 Å². The summed E-state index contributed by atoms with van der Waals surface area (Å²) in [5, 5.41) is 2.74. The Bertz CT molecular complexity index is 1870. The third kappa shape index (κ3) is 5.38. The van der Waals surface area contributed by atoms with E-state index in [1.54, 1.807) is 0 Å². The second-order valence-electron chi connectivity index (χ2n) is 12.2. The van der Waals surface area contributed by atoms with Crippen LogP contribution in [0.5, 0.6) is 0 Å². The molecule has 1 unspecified atom stereocenters. The molecule has 0 bridgehead atoms. The van der Waals surface area contributed by atoms with Gasteiger partial charge in [0.15, 0.2) is 0 Å². The van der Waals surface area contributed by atoms with E-state index in [2.05, 4.69) is 36.4 Å². The zero-order valence-corrected chi connectivity index (χ0v) is 27.4. The number of esters is 1. The Labute approximate surface area is 282 Å². The minimum absolute atomic E-state index is 0.0429. The van der Waals surface area contributed by atoms with E-state index in [0.717, 1.165) is 27.0 Å². The number of ether oxygens (including phenoxy) is 1. The van der Waals surface area contributed by atoms with Crippen LogP contribution in [0.1, 0.15) is 34.0 Å². The van der Waals surface area contributed by atoms with Crippen LogP contribution in [0.15, 0.2) is 182 Å². The van der Waals surface area contributed by atoms with Crippen molar-refractivity contribution in [1.29, 1.82) is 0 Å². The molecule has 4 nitrogen and oxygen atoms in total. The summed E-state index contributed by atoms with van der Waals surface area (Å²) in [6.07, 6.45) is -0.495. The Kier molecular flexibility index (Phi) is 8.86. The second-order valence-corrected chi connectivity index (χ2v) is 16.8. The van der Waals surface area contributed by atoms with Crippen LogP contribution in [0.4, 0.5) is 0 Å². The van der Waals surface area contributed by atoms with Gasteiger partial charge in [0.1, 0.15) is 0 Å². The molecule has 0 spiro atoms. The number of hydrogen-bond donors (Lipinski definition) is 0. The van der Waals surface area contributed by atoms with Crippen LogP contribution < -0.4 is 15.9 Å². The zero-order chi connectivity index (χ0) is 32.8. The molecule has 7 rings (SSSR count). The molecule has 0 aromatic heterocycles. The van der Waals surface area contributed by atoms with Crippen LogP contribution in [0, 0.1) is 5.92 Å². The molecule has 0 N–H and O–H groups in total. The molecule has 0 amide bonds. The van der Waals surface area contributed by atoms with Crippen molar-refractivity contribution in [3.05, 3.63) is 199 Å². The normalized spacial score (nSPS) is 20.2. The SMILES string of the molecule is O=C(C[C@@H]1C(C(=O)OCc2ccccc2)P(c2ccccc2)(c2ccccc2)(c2ccccc2)O[C@@H]1c1ccccc1)c1ccccc1. The summed E-state index contributed by atoms with van der Waals surface area (Å²) in [6.45, 7) is -4.18. The van der Waals surface area contributed by atoms with Crippen molar-refractivity contribution in [2.45, 2.75) is 24.8 Å². The van der Waals surface area contributed by atoms with E-state index < -0.39 is 24.5 Å². The van der Waals surface area contributed by atoms with E-state index in [-0.39, 0.29) is 24.8 Å². The van der Waals surface area contributed by atoms with Crippen molar-refractivity contribution in [1.82, 2.24) is 0 Å². The Hall–Kier alpha value is -5.15. The van der Waals surface area contributed by atoms with Gasteiger partial charge in [-0.15, -0.1) is 0 Å². The van der Waals surface area contributed by atoms with Gasteiger partial charge in [-0.3, -0.25) is 0 Å². The molecule has 1 fully saturated rings. The number of ketones is 1. The number of rotatable bonds is 10. The quantitative estimate of drug-likeness (QED) is 0.0854. The predicted molar refractivity (Wildman–Crippen MR) is 194 cm³/mol. The first-order valence-corrected chi connectivity index (χ1v) is 18.5. The summed E-state index contributed by atoms with van der Waals surface area (Å²) in [4.78, 5) is 29.5. The molecule has 238 valence electrons. The average Bonchev–Trinajstić information content (AvgIpc) is 3.49. The van der Waals surface area contributed by atoms with Gasteiger partial charge >= 0.3 is 283 Å². The molecular weight excluding hydrogens is 611 g/mol. The summed E-state index contributed by atoms with van der Waals surface area (Å²) in [5.41, 5.74) is 1.57. The van der Waals surface area contributed by atoms with E-state index >= 15 is 4.79 Å². The fourth-order valence-electron chi connectivity index (χ4n) is 7.51. The van der Waals surface area contributed by atoms with Gasteiger partial charge in [-0.25, -0.2) is 0 Å². The van der Waals surface area contributed by atoms with Gasteiger partial charge in [-0.05, 0) is 0 Å². The van der Waals surface area contributed by atoms with Crippen LogP contribution in [0.3, 0.4) is 0 Å². The molecule has 6 aromatic carbocycles. The number of hydrogen-bond acceptors (Lipinski definition) is 4. The van der Waals surface area contributed by atoms with Gasteiger partial charge in [-0.1, -0.05) is 0 Å². The van der Waals surface area contributed by atoms with E-state index in [9.17, 15) is 4.79 Å². The van der Waals surface area contributed by atoms with Crippen LogP contribution in [-0.4, -0.2) is 17.4 Å².